The molecule has 2 atom stereocenters. The van der Waals surface area contributed by atoms with Gasteiger partial charge < -0.3 is 34.3 Å². The van der Waals surface area contributed by atoms with Crippen LogP contribution in [0.4, 0.5) is 9.59 Å². The minimum Gasteiger partial charge on any atom is -0.466 e. The van der Waals surface area contributed by atoms with Gasteiger partial charge in [0.2, 0.25) is 0 Å². The number of carbonyl (C=O) groups is 4. The molecule has 2 rings (SSSR count). The molecule has 0 saturated heterocycles. The van der Waals surface area contributed by atoms with E-state index in [1.807, 2.05) is 13.8 Å². The van der Waals surface area contributed by atoms with Crippen LogP contribution in [0, 0.1) is 0 Å². The van der Waals surface area contributed by atoms with E-state index < -0.39 is 36.3 Å². The second kappa shape index (κ2) is 12.8. The molecule has 0 spiro atoms. The Labute approximate surface area is 192 Å². The number of hydrogen-bond acceptors (Lipinski definition) is 9. The number of fused-ring (bicyclic) bond motifs is 2. The predicted octanol–water partition coefficient (Wildman–Crippen LogP) is 1.76. The maximum Gasteiger partial charge on any atom is 0.407 e. The summed E-state index contributed by atoms with van der Waals surface area (Å²) in [5.41, 5.74) is 0.797. The Bertz CT molecular complexity index is 755. The third kappa shape index (κ3) is 6.47. The Kier molecular flexibility index (Phi) is 10.2. The first-order valence-electron chi connectivity index (χ1n) is 11.0. The first-order chi connectivity index (χ1) is 15.9. The van der Waals surface area contributed by atoms with Gasteiger partial charge in [-0.3, -0.25) is 0 Å². The van der Waals surface area contributed by atoms with E-state index >= 15 is 0 Å². The van der Waals surface area contributed by atoms with Gasteiger partial charge in [-0.05, 0) is 12.8 Å². The average molecular weight is 469 g/mol. The molecule has 0 saturated carbocycles. The second-order valence-electron chi connectivity index (χ2n) is 7.47. The van der Waals surface area contributed by atoms with Crippen LogP contribution in [0.15, 0.2) is 22.3 Å². The molecule has 0 fully saturated rings. The van der Waals surface area contributed by atoms with Crippen LogP contribution >= 0.6 is 0 Å². The van der Waals surface area contributed by atoms with Crippen LogP contribution in [-0.2, 0) is 33.3 Å². The van der Waals surface area contributed by atoms with Crippen molar-refractivity contribution in [2.45, 2.75) is 51.7 Å². The largest absolute Gasteiger partial charge is 0.466 e. The predicted molar refractivity (Wildman–Crippen MR) is 115 cm³/mol. The van der Waals surface area contributed by atoms with Crippen molar-refractivity contribution in [3.05, 3.63) is 22.3 Å². The van der Waals surface area contributed by atoms with Crippen LogP contribution in [0.3, 0.4) is 0 Å². The second-order valence-corrected chi connectivity index (χ2v) is 7.47. The summed E-state index contributed by atoms with van der Waals surface area (Å²) in [4.78, 5) is 48.9. The monoisotopic (exact) mass is 468 g/mol. The molecule has 0 aromatic heterocycles. The zero-order valence-electron chi connectivity index (χ0n) is 19.5. The lowest BCUT2D eigenvalue weighted by molar-refractivity contribution is -0.139. The van der Waals surface area contributed by atoms with E-state index in [0.717, 1.165) is 25.7 Å². The molecule has 0 aliphatic carbocycles. The number of carbonyl (C=O) groups excluding carboxylic acids is 4. The number of rotatable bonds is 12. The van der Waals surface area contributed by atoms with E-state index in [1.54, 1.807) is 0 Å². The standard InChI is InChI=1S/C22H32N2O9/c1-5-7-9-23-21(27)31-11-13-14(12-32-22(28)24-10-8-6-2)18-16(20(26)30-4)15(17(13)33-18)19(25)29-3/h17-18H,5-12H2,1-4H3,(H,23,27)(H,24,28)/t17-,18+. The maximum absolute atomic E-state index is 12.4. The van der Waals surface area contributed by atoms with Crippen molar-refractivity contribution < 1.29 is 42.9 Å². The summed E-state index contributed by atoms with van der Waals surface area (Å²) in [5.74, 6) is -1.52. The van der Waals surface area contributed by atoms with Crippen LogP contribution in [-0.4, -0.2) is 76.9 Å². The summed E-state index contributed by atoms with van der Waals surface area (Å²) in [5, 5.41) is 5.26. The summed E-state index contributed by atoms with van der Waals surface area (Å²) in [7, 11) is 2.36. The van der Waals surface area contributed by atoms with Gasteiger partial charge in [0.05, 0.1) is 25.4 Å². The Hall–Kier alpha value is -3.08. The van der Waals surface area contributed by atoms with Crippen molar-refractivity contribution in [2.24, 2.45) is 0 Å². The van der Waals surface area contributed by atoms with E-state index in [1.165, 1.54) is 14.2 Å². The fraction of sp³-hybridized carbons (Fsp3) is 0.636. The Morgan fingerprint density at radius 2 is 1.15 bits per heavy atom. The van der Waals surface area contributed by atoms with Crippen molar-refractivity contribution in [1.29, 1.82) is 0 Å². The highest BCUT2D eigenvalue weighted by Gasteiger charge is 2.52. The lowest BCUT2D eigenvalue weighted by Gasteiger charge is -2.20. The van der Waals surface area contributed by atoms with Gasteiger partial charge in [0.15, 0.2) is 0 Å². The number of esters is 2. The molecule has 2 aliphatic rings. The molecule has 0 unspecified atom stereocenters. The van der Waals surface area contributed by atoms with Crippen molar-refractivity contribution >= 4 is 24.1 Å². The molecule has 2 N–H and O–H groups in total. The fourth-order valence-electron chi connectivity index (χ4n) is 3.52. The van der Waals surface area contributed by atoms with E-state index in [9.17, 15) is 19.2 Å². The summed E-state index contributed by atoms with van der Waals surface area (Å²) in [6.07, 6.45) is 0.193. The van der Waals surface area contributed by atoms with Crippen molar-refractivity contribution in [2.75, 3.05) is 40.5 Å². The lowest BCUT2D eigenvalue weighted by atomic mass is 9.86. The van der Waals surface area contributed by atoms with Crippen LogP contribution in [0.5, 0.6) is 0 Å². The van der Waals surface area contributed by atoms with Crippen LogP contribution in [0.2, 0.25) is 0 Å². The highest BCUT2D eigenvalue weighted by Crippen LogP contribution is 2.44. The summed E-state index contributed by atoms with van der Waals surface area (Å²) < 4.78 is 26.1. The van der Waals surface area contributed by atoms with Gasteiger partial charge in [-0.15, -0.1) is 0 Å². The molecule has 0 aromatic carbocycles. The lowest BCUT2D eigenvalue weighted by Crippen LogP contribution is -2.32. The molecule has 2 aliphatic heterocycles. The Morgan fingerprint density at radius 1 is 0.758 bits per heavy atom. The minimum absolute atomic E-state index is 0.0181. The maximum atomic E-state index is 12.4. The Balaban J connectivity index is 2.22. The summed E-state index contributed by atoms with van der Waals surface area (Å²) in [6, 6.07) is 0. The number of nitrogens with one attached hydrogen (secondary N) is 2. The number of hydrogen-bond donors (Lipinski definition) is 2. The molecule has 33 heavy (non-hydrogen) atoms. The van der Waals surface area contributed by atoms with Crippen LogP contribution in [0.25, 0.3) is 0 Å². The molecule has 11 heteroatoms. The Morgan fingerprint density at radius 3 is 1.48 bits per heavy atom. The molecule has 2 heterocycles. The highest BCUT2D eigenvalue weighted by molar-refractivity contribution is 6.04. The van der Waals surface area contributed by atoms with Crippen LogP contribution in [0.1, 0.15) is 39.5 Å². The smallest absolute Gasteiger partial charge is 0.407 e. The quantitative estimate of drug-likeness (QED) is 0.190. The van der Waals surface area contributed by atoms with Gasteiger partial charge in [-0.1, -0.05) is 26.7 Å². The van der Waals surface area contributed by atoms with Crippen molar-refractivity contribution in [1.82, 2.24) is 10.6 Å². The third-order valence-corrected chi connectivity index (χ3v) is 5.26. The number of alkyl carbamates (subject to hydrolysis) is 2. The SMILES string of the molecule is CCCCNC(=O)OCC1=C(COC(=O)NCCCC)[C@@H]2O[C@H]1C(C(=O)OC)=C2C(=O)OC. The number of methoxy groups -OCH3 is 2. The van der Waals surface area contributed by atoms with Gasteiger partial charge in [0, 0.05) is 24.2 Å². The molecule has 0 aromatic rings. The van der Waals surface area contributed by atoms with E-state index in [-0.39, 0.29) is 24.4 Å². The third-order valence-electron chi connectivity index (χ3n) is 5.26. The van der Waals surface area contributed by atoms with Crippen molar-refractivity contribution in [3.63, 3.8) is 0 Å². The molecule has 2 bridgehead atoms. The highest BCUT2D eigenvalue weighted by atomic mass is 16.6. The average Bonchev–Trinajstić information content (AvgIpc) is 3.36. The minimum atomic E-state index is -0.984. The fourth-order valence-corrected chi connectivity index (χ4v) is 3.52. The van der Waals surface area contributed by atoms with E-state index in [4.69, 9.17) is 23.7 Å². The number of unbranched alkanes of at least 4 members (excludes halogenated alkanes) is 2. The van der Waals surface area contributed by atoms with Gasteiger partial charge in [-0.25, -0.2) is 19.2 Å². The number of amides is 2. The molecular formula is C22H32N2O9. The molecule has 2 amide bonds. The zero-order chi connectivity index (χ0) is 24.4. The van der Waals surface area contributed by atoms with Gasteiger partial charge in [-0.2, -0.15) is 0 Å². The van der Waals surface area contributed by atoms with Gasteiger partial charge in [0.25, 0.3) is 0 Å². The first kappa shape index (κ1) is 26.2. The topological polar surface area (TPSA) is 138 Å². The molecule has 0 radical (unpaired) electrons. The van der Waals surface area contributed by atoms with Crippen LogP contribution < -0.4 is 10.6 Å². The van der Waals surface area contributed by atoms with Gasteiger partial charge >= 0.3 is 24.1 Å². The number of ether oxygens (including phenoxy) is 5. The molecule has 184 valence electrons. The van der Waals surface area contributed by atoms with E-state index in [0.29, 0.717) is 24.2 Å². The van der Waals surface area contributed by atoms with E-state index in [2.05, 4.69) is 10.6 Å². The normalized spacial score (nSPS) is 18.8. The van der Waals surface area contributed by atoms with Gasteiger partial charge in [0.1, 0.15) is 25.4 Å². The zero-order valence-corrected chi connectivity index (χ0v) is 19.5. The first-order valence-corrected chi connectivity index (χ1v) is 11.0. The molecular weight excluding hydrogens is 436 g/mol. The summed E-state index contributed by atoms with van der Waals surface area (Å²) in [6.45, 7) is 4.48. The molecule has 11 nitrogen and oxygen atoms in total. The van der Waals surface area contributed by atoms with Crippen molar-refractivity contribution in [3.8, 4) is 0 Å². The summed E-state index contributed by atoms with van der Waals surface area (Å²) >= 11 is 0.